The van der Waals surface area contributed by atoms with Crippen molar-refractivity contribution < 1.29 is 23.7 Å². The van der Waals surface area contributed by atoms with Crippen molar-refractivity contribution in [2.75, 3.05) is 27.1 Å². The van der Waals surface area contributed by atoms with Crippen molar-refractivity contribution in [1.82, 2.24) is 19.7 Å². The molecule has 0 atom stereocenters. The van der Waals surface area contributed by atoms with Crippen LogP contribution in [0.4, 0.5) is 0 Å². The summed E-state index contributed by atoms with van der Waals surface area (Å²) in [5.41, 5.74) is 3.66. The van der Waals surface area contributed by atoms with E-state index in [1.54, 1.807) is 18.1 Å². The second-order valence-electron chi connectivity index (χ2n) is 9.18. The average molecular weight is 487 g/mol. The molecule has 0 saturated carbocycles. The largest absolute Gasteiger partial charge is 0.486 e. The molecule has 0 fully saturated rings. The molecule has 0 N–H and O–H groups in total. The van der Waals surface area contributed by atoms with Crippen LogP contribution in [0.2, 0.25) is 0 Å². The highest BCUT2D eigenvalue weighted by molar-refractivity contribution is 6.06. The van der Waals surface area contributed by atoms with Crippen molar-refractivity contribution in [3.8, 4) is 34.3 Å². The Morgan fingerprint density at radius 3 is 2.53 bits per heavy atom. The van der Waals surface area contributed by atoms with Crippen molar-refractivity contribution in [2.45, 2.75) is 26.4 Å². The van der Waals surface area contributed by atoms with Crippen LogP contribution >= 0.6 is 0 Å². The van der Waals surface area contributed by atoms with Gasteiger partial charge < -0.3 is 23.8 Å². The van der Waals surface area contributed by atoms with Crippen LogP contribution < -0.4 is 18.9 Å². The van der Waals surface area contributed by atoms with E-state index in [2.05, 4.69) is 5.10 Å². The van der Waals surface area contributed by atoms with Crippen LogP contribution in [0.3, 0.4) is 0 Å². The van der Waals surface area contributed by atoms with Crippen molar-refractivity contribution in [1.29, 1.82) is 0 Å². The Hall–Kier alpha value is -4.27. The van der Waals surface area contributed by atoms with Gasteiger partial charge in [-0.1, -0.05) is 6.07 Å². The molecule has 1 amide bonds. The second kappa shape index (κ2) is 8.75. The van der Waals surface area contributed by atoms with E-state index >= 15 is 0 Å². The van der Waals surface area contributed by atoms with E-state index < -0.39 is 0 Å². The Morgan fingerprint density at radius 1 is 0.972 bits per heavy atom. The summed E-state index contributed by atoms with van der Waals surface area (Å²) in [6.45, 7) is 5.73. The zero-order valence-electron chi connectivity index (χ0n) is 20.4. The molecule has 184 valence electrons. The van der Waals surface area contributed by atoms with Gasteiger partial charge in [0.15, 0.2) is 28.6 Å². The fourth-order valence-corrected chi connectivity index (χ4v) is 4.51. The summed E-state index contributed by atoms with van der Waals surface area (Å²) >= 11 is 0. The highest BCUT2D eigenvalue weighted by Gasteiger charge is 2.23. The Labute approximate surface area is 208 Å². The molecule has 0 spiro atoms. The predicted octanol–water partition coefficient (Wildman–Crippen LogP) is 4.45. The molecule has 36 heavy (non-hydrogen) atoms. The maximum absolute atomic E-state index is 13.8. The molecule has 0 saturated heterocycles. The van der Waals surface area contributed by atoms with Gasteiger partial charge >= 0.3 is 0 Å². The quantitative estimate of drug-likeness (QED) is 0.412. The zero-order chi connectivity index (χ0) is 24.8. The lowest BCUT2D eigenvalue weighted by molar-refractivity contribution is 0.0787. The minimum absolute atomic E-state index is 0.0832. The van der Waals surface area contributed by atoms with Gasteiger partial charge in [0.2, 0.25) is 6.79 Å². The first-order valence-corrected chi connectivity index (χ1v) is 11.9. The van der Waals surface area contributed by atoms with Crippen molar-refractivity contribution in [3.05, 3.63) is 59.8 Å². The van der Waals surface area contributed by atoms with E-state index in [0.29, 0.717) is 65.0 Å². The Bertz CT molecular complexity index is 1480. The summed E-state index contributed by atoms with van der Waals surface area (Å²) in [4.78, 5) is 20.3. The molecule has 0 bridgehead atoms. The second-order valence-corrected chi connectivity index (χ2v) is 9.18. The third-order valence-electron chi connectivity index (χ3n) is 6.33. The first-order valence-electron chi connectivity index (χ1n) is 11.9. The fraction of sp³-hybridized carbons (Fsp3) is 0.296. The summed E-state index contributed by atoms with van der Waals surface area (Å²) in [5, 5.41) is 5.25. The number of fused-ring (bicyclic) bond motifs is 3. The third-order valence-corrected chi connectivity index (χ3v) is 6.33. The smallest absolute Gasteiger partial charge is 0.254 e. The van der Waals surface area contributed by atoms with E-state index in [-0.39, 0.29) is 18.7 Å². The van der Waals surface area contributed by atoms with Crippen molar-refractivity contribution >= 4 is 16.9 Å². The average Bonchev–Trinajstić information content (AvgIpc) is 3.54. The van der Waals surface area contributed by atoms with E-state index in [9.17, 15) is 4.79 Å². The van der Waals surface area contributed by atoms with Crippen molar-refractivity contribution in [2.24, 2.45) is 0 Å². The predicted molar refractivity (Wildman–Crippen MR) is 133 cm³/mol. The molecule has 0 aliphatic carbocycles. The summed E-state index contributed by atoms with van der Waals surface area (Å²) < 4.78 is 24.2. The molecule has 9 nitrogen and oxygen atoms in total. The van der Waals surface area contributed by atoms with Gasteiger partial charge in [-0.25, -0.2) is 9.67 Å². The van der Waals surface area contributed by atoms with Crippen LogP contribution in [0.25, 0.3) is 22.3 Å². The summed E-state index contributed by atoms with van der Waals surface area (Å²) in [7, 11) is 1.79. The number of benzene rings is 2. The molecule has 0 radical (unpaired) electrons. The van der Waals surface area contributed by atoms with Crippen LogP contribution in [0.15, 0.2) is 48.7 Å². The molecule has 2 aromatic heterocycles. The van der Waals surface area contributed by atoms with Gasteiger partial charge in [-0.2, -0.15) is 5.10 Å². The highest BCUT2D eigenvalue weighted by Crippen LogP contribution is 2.36. The molecular formula is C27H26N4O5. The molecule has 2 aromatic carbocycles. The molecule has 4 aromatic rings. The summed E-state index contributed by atoms with van der Waals surface area (Å²) in [5.74, 6) is 2.67. The lowest BCUT2D eigenvalue weighted by atomic mass is 10.0. The van der Waals surface area contributed by atoms with Gasteiger partial charge in [-0.15, -0.1) is 0 Å². The number of nitrogens with zero attached hydrogens (tertiary/aromatic N) is 4. The number of hydrogen-bond acceptors (Lipinski definition) is 7. The minimum atomic E-state index is -0.123. The SMILES string of the molecule is CC(C)n1ncc2c(C(=O)N(C)Cc3ccc4c(c3)OCO4)cc(-c3ccc4c(c3)OCCO4)nc21. The number of hydrogen-bond donors (Lipinski definition) is 0. The van der Waals surface area contributed by atoms with Gasteiger partial charge in [-0.3, -0.25) is 4.79 Å². The molecule has 6 rings (SSSR count). The Kier molecular flexibility index (Phi) is 5.40. The van der Waals surface area contributed by atoms with Gasteiger partial charge in [0.1, 0.15) is 13.2 Å². The van der Waals surface area contributed by atoms with E-state index in [4.69, 9.17) is 23.9 Å². The first kappa shape index (κ1) is 22.2. The Morgan fingerprint density at radius 2 is 1.69 bits per heavy atom. The molecular weight excluding hydrogens is 460 g/mol. The maximum Gasteiger partial charge on any atom is 0.254 e. The number of ether oxygens (including phenoxy) is 4. The topological polar surface area (TPSA) is 87.9 Å². The first-order chi connectivity index (χ1) is 17.5. The standard InChI is InChI=1S/C27H26N4O5/c1-16(2)31-26-20(13-28-31)19(12-21(29-26)18-5-7-22-25(11-18)34-9-8-33-22)27(32)30(3)14-17-4-6-23-24(10-17)36-15-35-23/h4-7,10-13,16H,8-9,14-15H2,1-3H3. The van der Waals surface area contributed by atoms with Crippen LogP contribution in [0, 0.1) is 0 Å². The Balaban J connectivity index is 1.39. The van der Waals surface area contributed by atoms with E-state index in [1.165, 1.54) is 0 Å². The van der Waals surface area contributed by atoms with E-state index in [1.807, 2.05) is 61.0 Å². The molecule has 2 aliphatic rings. The normalized spacial score (nSPS) is 13.9. The van der Waals surface area contributed by atoms with Crippen LogP contribution in [-0.4, -0.2) is 52.6 Å². The summed E-state index contributed by atoms with van der Waals surface area (Å²) in [6, 6.07) is 13.3. The molecule has 4 heterocycles. The van der Waals surface area contributed by atoms with Gasteiger partial charge in [0.25, 0.3) is 5.91 Å². The number of aromatic nitrogens is 3. The molecule has 2 aliphatic heterocycles. The van der Waals surface area contributed by atoms with Crippen molar-refractivity contribution in [3.63, 3.8) is 0 Å². The zero-order valence-corrected chi connectivity index (χ0v) is 20.4. The van der Waals surface area contributed by atoms with Gasteiger partial charge in [0, 0.05) is 25.2 Å². The maximum atomic E-state index is 13.8. The van der Waals surface area contributed by atoms with Gasteiger partial charge in [0.05, 0.1) is 22.8 Å². The minimum Gasteiger partial charge on any atom is -0.486 e. The number of carbonyl (C=O) groups is 1. The van der Waals surface area contributed by atoms with Crippen LogP contribution in [0.5, 0.6) is 23.0 Å². The molecule has 9 heteroatoms. The van der Waals surface area contributed by atoms with Gasteiger partial charge in [-0.05, 0) is 55.8 Å². The lowest BCUT2D eigenvalue weighted by Crippen LogP contribution is -2.26. The monoisotopic (exact) mass is 486 g/mol. The van der Waals surface area contributed by atoms with Crippen LogP contribution in [0.1, 0.15) is 35.8 Å². The third kappa shape index (κ3) is 3.86. The highest BCUT2D eigenvalue weighted by atomic mass is 16.7. The lowest BCUT2D eigenvalue weighted by Gasteiger charge is -2.20. The number of carbonyl (C=O) groups excluding carboxylic acids is 1. The molecule has 0 unspecified atom stereocenters. The number of rotatable bonds is 5. The number of amides is 1. The summed E-state index contributed by atoms with van der Waals surface area (Å²) in [6.07, 6.45) is 1.72. The number of pyridine rings is 1. The fourth-order valence-electron chi connectivity index (χ4n) is 4.51. The van der Waals surface area contributed by atoms with E-state index in [0.717, 1.165) is 11.1 Å². The van der Waals surface area contributed by atoms with Crippen LogP contribution in [-0.2, 0) is 6.54 Å².